The van der Waals surface area contributed by atoms with Crippen LogP contribution in [0.3, 0.4) is 0 Å². The first-order valence-corrected chi connectivity index (χ1v) is 13.7. The number of nitrogens with one attached hydrogen (secondary N) is 2. The van der Waals surface area contributed by atoms with Crippen LogP contribution >= 0.6 is 11.3 Å². The normalized spacial score (nSPS) is 15.0. The molecule has 5 rings (SSSR count). The molecule has 176 valence electrons. The van der Waals surface area contributed by atoms with Crippen molar-refractivity contribution in [3.8, 4) is 11.3 Å². The lowest BCUT2D eigenvalue weighted by molar-refractivity contribution is 0.102. The van der Waals surface area contributed by atoms with Crippen LogP contribution in [0.15, 0.2) is 65.7 Å². The predicted molar refractivity (Wildman–Crippen MR) is 135 cm³/mol. The molecule has 1 saturated carbocycles. The molecule has 1 amide bonds. The molecule has 1 aliphatic carbocycles. The number of rotatable bonds is 6. The van der Waals surface area contributed by atoms with Gasteiger partial charge in [-0.15, -0.1) is 0 Å². The zero-order valence-electron chi connectivity index (χ0n) is 18.8. The van der Waals surface area contributed by atoms with Crippen LogP contribution in [0, 0.1) is 6.92 Å². The van der Waals surface area contributed by atoms with E-state index in [1.54, 1.807) is 12.1 Å². The van der Waals surface area contributed by atoms with Gasteiger partial charge in [0.1, 0.15) is 4.88 Å². The van der Waals surface area contributed by atoms with Crippen LogP contribution in [0.4, 0.5) is 5.69 Å². The number of sulfonamides is 1. The summed E-state index contributed by atoms with van der Waals surface area (Å²) in [5.41, 5.74) is 3.23. The van der Waals surface area contributed by atoms with Gasteiger partial charge in [0.25, 0.3) is 5.91 Å². The number of hydrogen-bond acceptors (Lipinski definition) is 5. The van der Waals surface area contributed by atoms with E-state index in [0.717, 1.165) is 54.0 Å². The number of benzene rings is 2. The van der Waals surface area contributed by atoms with Crippen LogP contribution in [-0.4, -0.2) is 29.8 Å². The Labute approximate surface area is 202 Å². The molecular formula is C25H26N4O3S2. The van der Waals surface area contributed by atoms with Crippen molar-refractivity contribution in [2.45, 2.75) is 50.0 Å². The summed E-state index contributed by atoms with van der Waals surface area (Å²) in [6.45, 7) is 1.89. The van der Waals surface area contributed by atoms with Crippen LogP contribution in [0.5, 0.6) is 0 Å². The highest BCUT2D eigenvalue weighted by Crippen LogP contribution is 2.28. The van der Waals surface area contributed by atoms with Gasteiger partial charge < -0.3 is 5.32 Å². The lowest BCUT2D eigenvalue weighted by Crippen LogP contribution is -2.36. The van der Waals surface area contributed by atoms with Gasteiger partial charge in [-0.25, -0.2) is 18.1 Å². The largest absolute Gasteiger partial charge is 0.321 e. The quantitative estimate of drug-likeness (QED) is 0.384. The Morgan fingerprint density at radius 3 is 2.41 bits per heavy atom. The first-order valence-electron chi connectivity index (χ1n) is 11.4. The van der Waals surface area contributed by atoms with Crippen molar-refractivity contribution in [1.82, 2.24) is 14.1 Å². The summed E-state index contributed by atoms with van der Waals surface area (Å²) >= 11 is 1.33. The van der Waals surface area contributed by atoms with Gasteiger partial charge in [-0.2, -0.15) is 0 Å². The molecule has 1 fully saturated rings. The number of anilines is 1. The molecule has 0 unspecified atom stereocenters. The average molecular weight is 495 g/mol. The Balaban J connectivity index is 1.29. The third-order valence-electron chi connectivity index (χ3n) is 6.18. The topological polar surface area (TPSA) is 92.6 Å². The third kappa shape index (κ3) is 4.64. The molecule has 0 saturated heterocycles. The number of aryl methyl sites for hydroxylation is 1. The smallest absolute Gasteiger partial charge is 0.267 e. The Bertz CT molecular complexity index is 1420. The maximum Gasteiger partial charge on any atom is 0.267 e. The van der Waals surface area contributed by atoms with Crippen LogP contribution in [0.2, 0.25) is 0 Å². The summed E-state index contributed by atoms with van der Waals surface area (Å²) < 4.78 is 30.1. The van der Waals surface area contributed by atoms with Crippen molar-refractivity contribution in [1.29, 1.82) is 0 Å². The minimum absolute atomic E-state index is 0.00116. The molecule has 1 aliphatic rings. The highest BCUT2D eigenvalue weighted by atomic mass is 32.2. The highest BCUT2D eigenvalue weighted by molar-refractivity contribution is 7.89. The van der Waals surface area contributed by atoms with E-state index >= 15 is 0 Å². The van der Waals surface area contributed by atoms with E-state index in [1.807, 2.05) is 47.9 Å². The third-order valence-corrected chi connectivity index (χ3v) is 8.87. The molecule has 0 radical (unpaired) electrons. The Kier molecular flexibility index (Phi) is 6.24. The lowest BCUT2D eigenvalue weighted by Gasteiger charge is -2.22. The Hall–Kier alpha value is -3.01. The van der Waals surface area contributed by atoms with Gasteiger partial charge in [0, 0.05) is 29.2 Å². The number of carbonyl (C=O) groups is 1. The van der Waals surface area contributed by atoms with Gasteiger partial charge in [-0.05, 0) is 44.0 Å². The minimum atomic E-state index is -3.57. The molecule has 7 nitrogen and oxygen atoms in total. The van der Waals surface area contributed by atoms with E-state index in [-0.39, 0.29) is 16.8 Å². The van der Waals surface area contributed by atoms with Crippen molar-refractivity contribution >= 4 is 37.9 Å². The van der Waals surface area contributed by atoms with Gasteiger partial charge >= 0.3 is 0 Å². The summed E-state index contributed by atoms with van der Waals surface area (Å²) in [4.78, 5) is 19.1. The number of aromatic nitrogens is 2. The molecule has 2 aromatic heterocycles. The number of imidazole rings is 1. The Morgan fingerprint density at radius 2 is 1.74 bits per heavy atom. The summed E-state index contributed by atoms with van der Waals surface area (Å²) in [5, 5.41) is 2.87. The number of fused-ring (bicyclic) bond motifs is 1. The second-order valence-electron chi connectivity index (χ2n) is 8.60. The van der Waals surface area contributed by atoms with Crippen LogP contribution in [0.25, 0.3) is 16.2 Å². The summed E-state index contributed by atoms with van der Waals surface area (Å²) in [6, 6.07) is 16.2. The van der Waals surface area contributed by atoms with Gasteiger partial charge in [0.05, 0.1) is 10.6 Å². The number of thiazole rings is 1. The van der Waals surface area contributed by atoms with Gasteiger partial charge in [0.15, 0.2) is 4.96 Å². The van der Waals surface area contributed by atoms with Crippen molar-refractivity contribution in [2.24, 2.45) is 0 Å². The SMILES string of the molecule is Cc1c(C(=O)Nc2ccc(S(=O)(=O)NC3CCCCC3)cc2)sc2nc(-c3ccccc3)cn12. The summed E-state index contributed by atoms with van der Waals surface area (Å²) in [7, 11) is -3.57. The van der Waals surface area contributed by atoms with Crippen molar-refractivity contribution < 1.29 is 13.2 Å². The van der Waals surface area contributed by atoms with Crippen LogP contribution in [0.1, 0.15) is 47.5 Å². The van der Waals surface area contributed by atoms with E-state index < -0.39 is 10.0 Å². The molecule has 4 aromatic rings. The standard InChI is InChI=1S/C25H26N4O3S2/c1-17-23(33-25-27-22(16-29(17)25)18-8-4-2-5-9-18)24(30)26-19-12-14-21(15-13-19)34(31,32)28-20-10-6-3-7-11-20/h2,4-5,8-9,12-16,20,28H,3,6-7,10-11H2,1H3,(H,26,30). The maximum atomic E-state index is 12.9. The number of carbonyl (C=O) groups excluding carboxylic acids is 1. The van der Waals surface area contributed by atoms with Crippen molar-refractivity contribution in [3.63, 3.8) is 0 Å². The molecule has 2 heterocycles. The van der Waals surface area contributed by atoms with E-state index in [9.17, 15) is 13.2 Å². The van der Waals surface area contributed by atoms with Crippen LogP contribution < -0.4 is 10.0 Å². The molecule has 9 heteroatoms. The average Bonchev–Trinajstić information content (AvgIpc) is 3.40. The zero-order valence-corrected chi connectivity index (χ0v) is 20.5. The number of amides is 1. The van der Waals surface area contributed by atoms with E-state index in [1.165, 1.54) is 23.5 Å². The van der Waals surface area contributed by atoms with Crippen LogP contribution in [-0.2, 0) is 10.0 Å². The maximum absolute atomic E-state index is 12.9. The van der Waals surface area contributed by atoms with Gasteiger partial charge in [-0.3, -0.25) is 9.20 Å². The van der Waals surface area contributed by atoms with E-state index in [0.29, 0.717) is 10.6 Å². The second kappa shape index (κ2) is 9.32. The fraction of sp³-hybridized carbons (Fsp3) is 0.280. The molecular weight excluding hydrogens is 468 g/mol. The van der Waals surface area contributed by atoms with Crippen molar-refractivity contribution in [3.05, 3.63) is 71.4 Å². The summed E-state index contributed by atoms with van der Waals surface area (Å²) in [6.07, 6.45) is 6.97. The first kappa shape index (κ1) is 22.8. The predicted octanol–water partition coefficient (Wildman–Crippen LogP) is 5.23. The summed E-state index contributed by atoms with van der Waals surface area (Å²) in [5.74, 6) is -0.245. The second-order valence-corrected chi connectivity index (χ2v) is 11.3. The zero-order chi connectivity index (χ0) is 23.7. The molecule has 0 spiro atoms. The van der Waals surface area contributed by atoms with E-state index in [2.05, 4.69) is 15.0 Å². The highest BCUT2D eigenvalue weighted by Gasteiger charge is 2.22. The first-order chi connectivity index (χ1) is 16.4. The molecule has 2 aromatic carbocycles. The van der Waals surface area contributed by atoms with E-state index in [4.69, 9.17) is 0 Å². The van der Waals surface area contributed by atoms with Gasteiger partial charge in [0.2, 0.25) is 10.0 Å². The molecule has 0 atom stereocenters. The minimum Gasteiger partial charge on any atom is -0.321 e. The fourth-order valence-electron chi connectivity index (χ4n) is 4.32. The molecule has 0 aliphatic heterocycles. The molecule has 0 bridgehead atoms. The number of hydrogen-bond donors (Lipinski definition) is 2. The van der Waals surface area contributed by atoms with Crippen molar-refractivity contribution in [2.75, 3.05) is 5.32 Å². The fourth-order valence-corrected chi connectivity index (χ4v) is 6.63. The lowest BCUT2D eigenvalue weighted by atomic mass is 9.96. The molecule has 2 N–H and O–H groups in total. The number of nitrogens with zero attached hydrogens (tertiary/aromatic N) is 2. The molecule has 34 heavy (non-hydrogen) atoms. The Morgan fingerprint density at radius 1 is 1.03 bits per heavy atom. The van der Waals surface area contributed by atoms with Gasteiger partial charge in [-0.1, -0.05) is 60.9 Å². The monoisotopic (exact) mass is 494 g/mol.